The molecule has 0 bridgehead atoms. The average molecular weight is 591 g/mol. The highest BCUT2D eigenvalue weighted by atomic mass is 16.6. The van der Waals surface area contributed by atoms with Gasteiger partial charge in [0.1, 0.15) is 18.3 Å². The molecule has 0 radical (unpaired) electrons. The van der Waals surface area contributed by atoms with E-state index in [-0.39, 0.29) is 18.2 Å². The van der Waals surface area contributed by atoms with E-state index in [0.717, 1.165) is 22.3 Å². The minimum absolute atomic E-state index is 0.00219. The van der Waals surface area contributed by atoms with Crippen LogP contribution in [0, 0.1) is 11.3 Å². The standard InChI is InChI=1S/C38H42N2O4/c1-28(33-21-13-6-14-22-33)40-34(24-39)23-35-37(42-26-31-17-9-4-10-18-31)38(43-27-32-19-11-5-12-20-32)36(29(2)44-35)41-25-30-15-7-3-8-16-30/h3-22,28-29,34-38,40H,23,25-27H2,1-2H3/t28-,29?,34+,35?,36?,37?,38?/m0/s1. The predicted octanol–water partition coefficient (Wildman–Crippen LogP) is 7.16. The van der Waals surface area contributed by atoms with Crippen molar-refractivity contribution in [2.75, 3.05) is 0 Å². The number of rotatable bonds is 14. The SMILES string of the molecule is CC1OC(C[C@H](C#N)N[C@@H](C)c2ccccc2)C(OCc2ccccc2)C(OCc2ccccc2)C1OCc1ccccc1. The normalized spacial score (nSPS) is 23.0. The molecule has 0 spiro atoms. The summed E-state index contributed by atoms with van der Waals surface area (Å²) in [6.45, 7) is 5.33. The van der Waals surface area contributed by atoms with Gasteiger partial charge >= 0.3 is 0 Å². The third-order valence-electron chi connectivity index (χ3n) is 8.10. The number of hydrogen-bond donors (Lipinski definition) is 1. The molecule has 1 aliphatic rings. The number of hydrogen-bond acceptors (Lipinski definition) is 6. The Balaban J connectivity index is 1.40. The van der Waals surface area contributed by atoms with Crippen LogP contribution in [0.25, 0.3) is 0 Å². The minimum Gasteiger partial charge on any atom is -0.370 e. The Kier molecular flexibility index (Phi) is 11.7. The third kappa shape index (κ3) is 8.86. The molecule has 1 aliphatic heterocycles. The van der Waals surface area contributed by atoms with Gasteiger partial charge in [0.25, 0.3) is 0 Å². The molecule has 1 N–H and O–H groups in total. The second-order valence-electron chi connectivity index (χ2n) is 11.4. The molecule has 6 nitrogen and oxygen atoms in total. The highest BCUT2D eigenvalue weighted by Crippen LogP contribution is 2.32. The quantitative estimate of drug-likeness (QED) is 0.168. The molecule has 1 heterocycles. The van der Waals surface area contributed by atoms with Gasteiger partial charge in [-0.2, -0.15) is 5.26 Å². The first-order chi connectivity index (χ1) is 21.6. The summed E-state index contributed by atoms with van der Waals surface area (Å²) in [5.41, 5.74) is 4.33. The van der Waals surface area contributed by atoms with Gasteiger partial charge in [-0.25, -0.2) is 0 Å². The Morgan fingerprint density at radius 3 is 1.57 bits per heavy atom. The van der Waals surface area contributed by atoms with E-state index in [9.17, 15) is 5.26 Å². The zero-order valence-electron chi connectivity index (χ0n) is 25.5. The van der Waals surface area contributed by atoms with E-state index in [4.69, 9.17) is 18.9 Å². The fourth-order valence-electron chi connectivity index (χ4n) is 5.74. The van der Waals surface area contributed by atoms with Gasteiger partial charge in [0.15, 0.2) is 0 Å². The number of ether oxygens (including phenoxy) is 4. The van der Waals surface area contributed by atoms with Crippen LogP contribution in [-0.2, 0) is 38.8 Å². The summed E-state index contributed by atoms with van der Waals surface area (Å²) in [5, 5.41) is 13.7. The highest BCUT2D eigenvalue weighted by molar-refractivity contribution is 5.19. The molecule has 1 fully saturated rings. The Morgan fingerprint density at radius 1 is 0.659 bits per heavy atom. The lowest BCUT2D eigenvalue weighted by atomic mass is 9.91. The van der Waals surface area contributed by atoms with Crippen molar-refractivity contribution >= 4 is 0 Å². The molecule has 228 valence electrons. The summed E-state index contributed by atoms with van der Waals surface area (Å²) in [4.78, 5) is 0. The summed E-state index contributed by atoms with van der Waals surface area (Å²) in [5.74, 6) is 0. The van der Waals surface area contributed by atoms with Crippen LogP contribution in [0.4, 0.5) is 0 Å². The van der Waals surface area contributed by atoms with Crippen LogP contribution >= 0.6 is 0 Å². The predicted molar refractivity (Wildman–Crippen MR) is 171 cm³/mol. The molecule has 0 amide bonds. The monoisotopic (exact) mass is 590 g/mol. The largest absolute Gasteiger partial charge is 0.370 e. The maximum Gasteiger partial charge on any atom is 0.115 e. The van der Waals surface area contributed by atoms with Gasteiger partial charge in [0.2, 0.25) is 0 Å². The van der Waals surface area contributed by atoms with Crippen molar-refractivity contribution in [1.29, 1.82) is 5.26 Å². The summed E-state index contributed by atoms with van der Waals surface area (Å²) in [7, 11) is 0. The zero-order chi connectivity index (χ0) is 30.6. The van der Waals surface area contributed by atoms with Crippen LogP contribution in [0.3, 0.4) is 0 Å². The van der Waals surface area contributed by atoms with Crippen molar-refractivity contribution in [3.8, 4) is 6.07 Å². The average Bonchev–Trinajstić information content (AvgIpc) is 3.07. The van der Waals surface area contributed by atoms with Gasteiger partial charge in [-0.1, -0.05) is 121 Å². The van der Waals surface area contributed by atoms with Crippen LogP contribution in [0.15, 0.2) is 121 Å². The van der Waals surface area contributed by atoms with E-state index in [1.807, 2.05) is 91.9 Å². The van der Waals surface area contributed by atoms with Gasteiger partial charge in [-0.3, -0.25) is 5.32 Å². The Labute approximate surface area is 261 Å². The second-order valence-corrected chi connectivity index (χ2v) is 11.4. The van der Waals surface area contributed by atoms with Crippen LogP contribution in [0.5, 0.6) is 0 Å². The fraction of sp³-hybridized carbons (Fsp3) is 0.342. The van der Waals surface area contributed by atoms with Crippen molar-refractivity contribution in [2.45, 2.75) is 82.7 Å². The fourth-order valence-corrected chi connectivity index (χ4v) is 5.74. The lowest BCUT2D eigenvalue weighted by Crippen LogP contribution is -2.60. The van der Waals surface area contributed by atoms with Crippen molar-refractivity contribution in [3.05, 3.63) is 144 Å². The van der Waals surface area contributed by atoms with Crippen molar-refractivity contribution in [2.24, 2.45) is 0 Å². The molecule has 6 heteroatoms. The third-order valence-corrected chi connectivity index (χ3v) is 8.10. The van der Waals surface area contributed by atoms with Gasteiger partial charge in [-0.05, 0) is 36.1 Å². The van der Waals surface area contributed by atoms with E-state index in [0.29, 0.717) is 26.2 Å². The van der Waals surface area contributed by atoms with E-state index >= 15 is 0 Å². The van der Waals surface area contributed by atoms with Crippen LogP contribution in [0.2, 0.25) is 0 Å². The van der Waals surface area contributed by atoms with E-state index in [1.54, 1.807) is 0 Å². The lowest BCUT2D eigenvalue weighted by molar-refractivity contribution is -0.262. The molecule has 0 aromatic heterocycles. The molecule has 5 unspecified atom stereocenters. The van der Waals surface area contributed by atoms with Crippen molar-refractivity contribution < 1.29 is 18.9 Å². The topological polar surface area (TPSA) is 72.7 Å². The Hall–Kier alpha value is -3.83. The number of nitriles is 1. The smallest absolute Gasteiger partial charge is 0.115 e. The van der Waals surface area contributed by atoms with E-state index in [1.165, 1.54) is 0 Å². The zero-order valence-corrected chi connectivity index (χ0v) is 25.5. The molecule has 1 saturated heterocycles. The van der Waals surface area contributed by atoms with Crippen LogP contribution < -0.4 is 5.32 Å². The molecule has 0 saturated carbocycles. The van der Waals surface area contributed by atoms with Crippen molar-refractivity contribution in [1.82, 2.24) is 5.32 Å². The summed E-state index contributed by atoms with van der Waals surface area (Å²) >= 11 is 0. The van der Waals surface area contributed by atoms with E-state index in [2.05, 4.69) is 54.7 Å². The van der Waals surface area contributed by atoms with E-state index < -0.39 is 24.4 Å². The minimum atomic E-state index is -0.472. The summed E-state index contributed by atoms with van der Waals surface area (Å²) in [6.07, 6.45) is -1.53. The van der Waals surface area contributed by atoms with Crippen LogP contribution in [0.1, 0.15) is 48.6 Å². The lowest BCUT2D eigenvalue weighted by Gasteiger charge is -2.46. The summed E-state index contributed by atoms with van der Waals surface area (Å²) in [6, 6.07) is 42.5. The number of nitrogens with one attached hydrogen (secondary N) is 1. The van der Waals surface area contributed by atoms with Crippen molar-refractivity contribution in [3.63, 3.8) is 0 Å². The molecule has 7 atom stereocenters. The van der Waals surface area contributed by atoms with Gasteiger partial charge in [-0.15, -0.1) is 0 Å². The first-order valence-corrected chi connectivity index (χ1v) is 15.4. The molecule has 0 aliphatic carbocycles. The first kappa shape index (κ1) is 31.6. The molecule has 5 rings (SSSR count). The number of nitrogens with zero attached hydrogens (tertiary/aromatic N) is 1. The number of benzene rings is 4. The molecule has 44 heavy (non-hydrogen) atoms. The summed E-state index contributed by atoms with van der Waals surface area (Å²) < 4.78 is 26.6. The van der Waals surface area contributed by atoms with Crippen LogP contribution in [-0.4, -0.2) is 36.6 Å². The molecule has 4 aromatic rings. The first-order valence-electron chi connectivity index (χ1n) is 15.4. The van der Waals surface area contributed by atoms with Gasteiger partial charge in [0, 0.05) is 12.5 Å². The highest BCUT2D eigenvalue weighted by Gasteiger charge is 2.47. The van der Waals surface area contributed by atoms with Gasteiger partial charge < -0.3 is 18.9 Å². The molecular weight excluding hydrogens is 548 g/mol. The molecular formula is C38H42N2O4. The Bertz CT molecular complexity index is 1420. The molecule has 4 aromatic carbocycles. The van der Waals surface area contributed by atoms with Gasteiger partial charge in [0.05, 0.1) is 44.1 Å². The Morgan fingerprint density at radius 2 is 1.09 bits per heavy atom. The maximum absolute atomic E-state index is 10.2. The second kappa shape index (κ2) is 16.3. The maximum atomic E-state index is 10.2.